The van der Waals surface area contributed by atoms with Crippen LogP contribution in [0.15, 0.2) is 55.0 Å². The van der Waals surface area contributed by atoms with Crippen molar-refractivity contribution in [2.75, 3.05) is 31.2 Å². The Morgan fingerprint density at radius 1 is 1.11 bits per heavy atom. The molecule has 3 aromatic rings. The fourth-order valence-electron chi connectivity index (χ4n) is 3.18. The van der Waals surface area contributed by atoms with Gasteiger partial charge in [-0.15, -0.1) is 0 Å². The molecule has 0 aliphatic carbocycles. The number of morpholine rings is 1. The summed E-state index contributed by atoms with van der Waals surface area (Å²) < 4.78 is 11.5. The number of nitriles is 1. The first-order valence-electron chi connectivity index (χ1n) is 8.93. The van der Waals surface area contributed by atoms with Gasteiger partial charge in [0.2, 0.25) is 0 Å². The van der Waals surface area contributed by atoms with Crippen molar-refractivity contribution in [3.05, 3.63) is 71.8 Å². The predicted octanol–water partition coefficient (Wildman–Crippen LogP) is 3.50. The van der Waals surface area contributed by atoms with Gasteiger partial charge in [0.25, 0.3) is 0 Å². The van der Waals surface area contributed by atoms with Gasteiger partial charge in [-0.05, 0) is 35.9 Å². The van der Waals surface area contributed by atoms with Gasteiger partial charge >= 0.3 is 0 Å². The summed E-state index contributed by atoms with van der Waals surface area (Å²) in [5.41, 5.74) is 4.06. The van der Waals surface area contributed by atoms with Crippen LogP contribution in [0.4, 0.5) is 5.69 Å². The second-order valence-corrected chi connectivity index (χ2v) is 6.38. The van der Waals surface area contributed by atoms with Crippen molar-refractivity contribution in [1.29, 1.82) is 5.26 Å². The summed E-state index contributed by atoms with van der Waals surface area (Å²) in [6.07, 6.45) is 4.33. The maximum absolute atomic E-state index is 8.92. The molecule has 0 saturated carbocycles. The number of hydrogen-bond acceptors (Lipinski definition) is 5. The molecular formula is C21H20N4O2. The van der Waals surface area contributed by atoms with E-state index >= 15 is 0 Å². The average Bonchev–Trinajstić information content (AvgIpc) is 3.23. The Balaban J connectivity index is 1.61. The normalized spacial score (nSPS) is 14.0. The molecule has 0 spiro atoms. The van der Waals surface area contributed by atoms with Crippen molar-refractivity contribution < 1.29 is 9.47 Å². The molecule has 0 radical (unpaired) electrons. The van der Waals surface area contributed by atoms with Crippen LogP contribution < -0.4 is 9.64 Å². The molecule has 0 unspecified atom stereocenters. The van der Waals surface area contributed by atoms with Crippen LogP contribution in [0, 0.1) is 11.3 Å². The van der Waals surface area contributed by atoms with Crippen molar-refractivity contribution in [3.8, 4) is 17.6 Å². The van der Waals surface area contributed by atoms with Crippen molar-refractivity contribution in [1.82, 2.24) is 9.97 Å². The van der Waals surface area contributed by atoms with Crippen molar-refractivity contribution in [3.63, 3.8) is 0 Å². The molecule has 0 bridgehead atoms. The van der Waals surface area contributed by atoms with E-state index in [2.05, 4.69) is 33.1 Å². The number of ether oxygens (including phenoxy) is 2. The zero-order chi connectivity index (χ0) is 18.5. The molecule has 0 amide bonds. The van der Waals surface area contributed by atoms with E-state index < -0.39 is 0 Å². The monoisotopic (exact) mass is 360 g/mol. The minimum atomic E-state index is 0.617. The van der Waals surface area contributed by atoms with Crippen LogP contribution in [-0.4, -0.2) is 36.3 Å². The number of aromatic nitrogens is 2. The van der Waals surface area contributed by atoms with Crippen LogP contribution in [0.3, 0.4) is 0 Å². The van der Waals surface area contributed by atoms with Gasteiger partial charge < -0.3 is 19.4 Å². The first-order valence-corrected chi connectivity index (χ1v) is 8.93. The number of H-pyrrole nitrogens is 1. The van der Waals surface area contributed by atoms with E-state index in [1.54, 1.807) is 18.5 Å². The number of nitrogens with one attached hydrogen (secondary N) is 1. The van der Waals surface area contributed by atoms with E-state index in [-0.39, 0.29) is 0 Å². The third kappa shape index (κ3) is 4.10. The molecule has 136 valence electrons. The van der Waals surface area contributed by atoms with E-state index in [4.69, 9.17) is 14.7 Å². The van der Waals surface area contributed by atoms with Gasteiger partial charge in [-0.25, -0.2) is 4.98 Å². The van der Waals surface area contributed by atoms with Crippen molar-refractivity contribution in [2.24, 2.45) is 0 Å². The van der Waals surface area contributed by atoms with Gasteiger partial charge in [0, 0.05) is 43.2 Å². The minimum Gasteiger partial charge on any atom is -0.457 e. The molecule has 1 N–H and O–H groups in total. The van der Waals surface area contributed by atoms with Crippen molar-refractivity contribution >= 4 is 5.69 Å². The summed E-state index contributed by atoms with van der Waals surface area (Å²) in [5.74, 6) is 1.48. The molecule has 2 heterocycles. The van der Waals surface area contributed by atoms with Gasteiger partial charge in [0.15, 0.2) is 0 Å². The molecule has 6 nitrogen and oxygen atoms in total. The third-order valence-electron chi connectivity index (χ3n) is 4.56. The molecule has 6 heteroatoms. The van der Waals surface area contributed by atoms with E-state index in [0.29, 0.717) is 11.3 Å². The lowest BCUT2D eigenvalue weighted by molar-refractivity contribution is 0.122. The van der Waals surface area contributed by atoms with Gasteiger partial charge in [-0.3, -0.25) is 0 Å². The SMILES string of the molecule is N#Cc1ccc(Oc2ccc(Cc3cnc[nH]3)c(N3CCOCC3)c2)cc1. The highest BCUT2D eigenvalue weighted by molar-refractivity contribution is 5.59. The maximum Gasteiger partial charge on any atom is 0.129 e. The number of benzene rings is 2. The number of aromatic amines is 1. The third-order valence-corrected chi connectivity index (χ3v) is 4.56. The molecule has 1 aliphatic rings. The van der Waals surface area contributed by atoms with Gasteiger partial charge in [-0.1, -0.05) is 6.07 Å². The smallest absolute Gasteiger partial charge is 0.129 e. The molecule has 1 fully saturated rings. The standard InChI is InChI=1S/C21H20N4O2/c22-13-16-1-4-19(5-2-16)27-20-6-3-17(11-18-14-23-15-24-18)21(12-20)25-7-9-26-10-8-25/h1-6,12,14-15H,7-11H2,(H,23,24). The van der Waals surface area contributed by atoms with Crippen LogP contribution in [-0.2, 0) is 11.2 Å². The number of anilines is 1. The molecule has 1 aliphatic heterocycles. The summed E-state index contributed by atoms with van der Waals surface area (Å²) in [6, 6.07) is 15.4. The quantitative estimate of drug-likeness (QED) is 0.754. The van der Waals surface area contributed by atoms with Crippen molar-refractivity contribution in [2.45, 2.75) is 6.42 Å². The Bertz CT molecular complexity index is 924. The fraction of sp³-hybridized carbons (Fsp3) is 0.238. The Morgan fingerprint density at radius 3 is 2.59 bits per heavy atom. The Labute approximate surface area is 158 Å². The van der Waals surface area contributed by atoms with Crippen LogP contribution in [0.5, 0.6) is 11.5 Å². The van der Waals surface area contributed by atoms with E-state index in [0.717, 1.165) is 49.9 Å². The topological polar surface area (TPSA) is 74.2 Å². The summed E-state index contributed by atoms with van der Waals surface area (Å²) in [7, 11) is 0. The number of nitrogens with zero attached hydrogens (tertiary/aromatic N) is 3. The van der Waals surface area contributed by atoms with E-state index in [1.165, 1.54) is 5.56 Å². The lowest BCUT2D eigenvalue weighted by Crippen LogP contribution is -2.36. The number of rotatable bonds is 5. The van der Waals surface area contributed by atoms with Crippen LogP contribution in [0.2, 0.25) is 0 Å². The Morgan fingerprint density at radius 2 is 1.89 bits per heavy atom. The van der Waals surface area contributed by atoms with Crippen LogP contribution in [0.25, 0.3) is 0 Å². The molecule has 4 rings (SSSR count). The number of imidazole rings is 1. The summed E-state index contributed by atoms with van der Waals surface area (Å²) in [5, 5.41) is 8.92. The first-order chi connectivity index (χ1) is 13.3. The second kappa shape index (κ2) is 7.94. The van der Waals surface area contributed by atoms with Gasteiger partial charge in [-0.2, -0.15) is 5.26 Å². The highest BCUT2D eigenvalue weighted by Gasteiger charge is 2.16. The Kier molecular flexibility index (Phi) is 5.04. The van der Waals surface area contributed by atoms with Crippen LogP contribution >= 0.6 is 0 Å². The van der Waals surface area contributed by atoms with E-state index in [9.17, 15) is 0 Å². The maximum atomic E-state index is 8.92. The highest BCUT2D eigenvalue weighted by atomic mass is 16.5. The molecule has 27 heavy (non-hydrogen) atoms. The summed E-state index contributed by atoms with van der Waals surface area (Å²) >= 11 is 0. The molecule has 1 saturated heterocycles. The molecule has 0 atom stereocenters. The minimum absolute atomic E-state index is 0.617. The zero-order valence-corrected chi connectivity index (χ0v) is 14.9. The summed E-state index contributed by atoms with van der Waals surface area (Å²) in [4.78, 5) is 9.61. The molecule has 2 aromatic carbocycles. The highest BCUT2D eigenvalue weighted by Crippen LogP contribution is 2.31. The Hall–Kier alpha value is -3.30. The summed E-state index contributed by atoms with van der Waals surface area (Å²) in [6.45, 7) is 3.17. The first kappa shape index (κ1) is 17.1. The zero-order valence-electron chi connectivity index (χ0n) is 14.9. The second-order valence-electron chi connectivity index (χ2n) is 6.38. The number of hydrogen-bond donors (Lipinski definition) is 1. The molecular weight excluding hydrogens is 340 g/mol. The largest absolute Gasteiger partial charge is 0.457 e. The molecule has 1 aromatic heterocycles. The van der Waals surface area contributed by atoms with E-state index in [1.807, 2.05) is 24.4 Å². The predicted molar refractivity (Wildman–Crippen MR) is 102 cm³/mol. The fourth-order valence-corrected chi connectivity index (χ4v) is 3.18. The average molecular weight is 360 g/mol. The van der Waals surface area contributed by atoms with Crippen LogP contribution in [0.1, 0.15) is 16.8 Å². The van der Waals surface area contributed by atoms with Gasteiger partial charge in [0.1, 0.15) is 11.5 Å². The lowest BCUT2D eigenvalue weighted by atomic mass is 10.1. The lowest BCUT2D eigenvalue weighted by Gasteiger charge is -2.31. The van der Waals surface area contributed by atoms with Gasteiger partial charge in [0.05, 0.1) is 31.2 Å².